The van der Waals surface area contributed by atoms with Crippen molar-refractivity contribution in [3.63, 3.8) is 0 Å². The molecule has 5 nitrogen and oxygen atoms in total. The molecule has 27 heavy (non-hydrogen) atoms. The average molecular weight is 413 g/mol. The Morgan fingerprint density at radius 2 is 2.00 bits per heavy atom. The van der Waals surface area contributed by atoms with E-state index in [1.165, 1.54) is 18.3 Å². The van der Waals surface area contributed by atoms with Crippen LogP contribution in [0.2, 0.25) is 10.0 Å². The van der Waals surface area contributed by atoms with E-state index in [9.17, 15) is 9.18 Å². The molecule has 1 aliphatic rings. The molecule has 1 amide bonds. The predicted molar refractivity (Wildman–Crippen MR) is 101 cm³/mol. The number of aromatic nitrogens is 1. The summed E-state index contributed by atoms with van der Waals surface area (Å²) in [7, 11) is 0. The maximum absolute atomic E-state index is 13.6. The fourth-order valence-electron chi connectivity index (χ4n) is 2.88. The standard InChI is InChI=1S/C19H19Cl2FN2O3/c1-12(26-16-6-2-4-14(20)17(16)21)19(25)24-10-7-13(8-11-24)27-18-15(22)5-3-9-23-18/h2-6,9,12-13H,7-8,10-11H2,1H3. The van der Waals surface area contributed by atoms with Gasteiger partial charge < -0.3 is 14.4 Å². The fraction of sp³-hybridized carbons (Fsp3) is 0.368. The van der Waals surface area contributed by atoms with Crippen molar-refractivity contribution in [1.29, 1.82) is 0 Å². The lowest BCUT2D eigenvalue weighted by Crippen LogP contribution is -2.46. The van der Waals surface area contributed by atoms with Crippen molar-refractivity contribution in [1.82, 2.24) is 9.88 Å². The van der Waals surface area contributed by atoms with Crippen LogP contribution in [0.3, 0.4) is 0 Å². The first kappa shape index (κ1) is 19.7. The average Bonchev–Trinajstić information content (AvgIpc) is 2.67. The minimum absolute atomic E-state index is 0.00502. The van der Waals surface area contributed by atoms with Crippen LogP contribution in [0.15, 0.2) is 36.5 Å². The minimum atomic E-state index is -0.702. The molecule has 1 saturated heterocycles. The van der Waals surface area contributed by atoms with Crippen molar-refractivity contribution in [2.75, 3.05) is 13.1 Å². The van der Waals surface area contributed by atoms with Gasteiger partial charge in [-0.1, -0.05) is 29.3 Å². The van der Waals surface area contributed by atoms with E-state index in [1.54, 1.807) is 30.0 Å². The van der Waals surface area contributed by atoms with Crippen LogP contribution in [-0.2, 0) is 4.79 Å². The molecule has 1 aromatic carbocycles. The summed E-state index contributed by atoms with van der Waals surface area (Å²) in [5.41, 5.74) is 0. The quantitative estimate of drug-likeness (QED) is 0.731. The van der Waals surface area contributed by atoms with Crippen molar-refractivity contribution < 1.29 is 18.7 Å². The van der Waals surface area contributed by atoms with Crippen molar-refractivity contribution in [2.24, 2.45) is 0 Å². The van der Waals surface area contributed by atoms with E-state index in [1.807, 2.05) is 0 Å². The highest BCUT2D eigenvalue weighted by molar-refractivity contribution is 6.42. The number of nitrogens with zero attached hydrogens (tertiary/aromatic N) is 2. The normalized spacial score (nSPS) is 16.1. The summed E-state index contributed by atoms with van der Waals surface area (Å²) in [6.07, 6.45) is 1.78. The Bertz CT molecular complexity index is 813. The first-order valence-corrected chi connectivity index (χ1v) is 9.38. The number of piperidine rings is 1. The van der Waals surface area contributed by atoms with Gasteiger partial charge in [0.05, 0.1) is 5.02 Å². The molecule has 0 aliphatic carbocycles. The van der Waals surface area contributed by atoms with Crippen LogP contribution in [-0.4, -0.2) is 41.1 Å². The highest BCUT2D eigenvalue weighted by atomic mass is 35.5. The minimum Gasteiger partial charge on any atom is -0.479 e. The van der Waals surface area contributed by atoms with Crippen LogP contribution >= 0.6 is 23.2 Å². The summed E-state index contributed by atoms with van der Waals surface area (Å²) < 4.78 is 24.9. The van der Waals surface area contributed by atoms with Gasteiger partial charge in [-0.2, -0.15) is 0 Å². The van der Waals surface area contributed by atoms with Gasteiger partial charge >= 0.3 is 0 Å². The number of pyridine rings is 1. The van der Waals surface area contributed by atoms with Gasteiger partial charge in [-0.05, 0) is 31.2 Å². The second-order valence-electron chi connectivity index (χ2n) is 6.24. The summed E-state index contributed by atoms with van der Waals surface area (Å²) in [5.74, 6) is -0.270. The first-order chi connectivity index (χ1) is 13.0. The molecule has 0 saturated carbocycles. The third-order valence-corrected chi connectivity index (χ3v) is 5.13. The molecular weight excluding hydrogens is 394 g/mol. The smallest absolute Gasteiger partial charge is 0.263 e. The van der Waals surface area contributed by atoms with E-state index in [0.29, 0.717) is 36.7 Å². The number of amides is 1. The molecule has 0 spiro atoms. The van der Waals surface area contributed by atoms with Gasteiger partial charge in [0.25, 0.3) is 11.8 Å². The number of likely N-dealkylation sites (tertiary alicyclic amines) is 1. The van der Waals surface area contributed by atoms with E-state index in [0.717, 1.165) is 0 Å². The number of halogens is 3. The lowest BCUT2D eigenvalue weighted by atomic mass is 10.1. The molecule has 1 aromatic heterocycles. The maximum atomic E-state index is 13.6. The van der Waals surface area contributed by atoms with Crippen LogP contribution in [0.25, 0.3) is 0 Å². The molecule has 3 rings (SSSR count). The number of benzene rings is 1. The van der Waals surface area contributed by atoms with Crippen molar-refractivity contribution in [3.05, 3.63) is 52.4 Å². The Labute approximate surface area is 167 Å². The Hall–Kier alpha value is -2.05. The second kappa shape index (κ2) is 8.76. The highest BCUT2D eigenvalue weighted by Gasteiger charge is 2.28. The molecule has 1 unspecified atom stereocenters. The number of carbonyl (C=O) groups excluding carboxylic acids is 1. The van der Waals surface area contributed by atoms with Crippen LogP contribution in [0, 0.1) is 5.82 Å². The molecule has 144 valence electrons. The molecular formula is C19H19Cl2FN2O3. The summed E-state index contributed by atoms with van der Waals surface area (Å²) >= 11 is 12.1. The van der Waals surface area contributed by atoms with Crippen molar-refractivity contribution >= 4 is 29.1 Å². The Morgan fingerprint density at radius 1 is 1.26 bits per heavy atom. The number of ether oxygens (including phenoxy) is 2. The molecule has 1 aliphatic heterocycles. The van der Waals surface area contributed by atoms with Gasteiger partial charge in [-0.3, -0.25) is 4.79 Å². The van der Waals surface area contributed by atoms with Gasteiger partial charge in [-0.25, -0.2) is 9.37 Å². The van der Waals surface area contributed by atoms with Crippen LogP contribution in [0.5, 0.6) is 11.6 Å². The van der Waals surface area contributed by atoms with Crippen LogP contribution < -0.4 is 9.47 Å². The van der Waals surface area contributed by atoms with Gasteiger partial charge in [0.1, 0.15) is 16.9 Å². The molecule has 1 fully saturated rings. The zero-order valence-electron chi connectivity index (χ0n) is 14.7. The Morgan fingerprint density at radius 3 is 2.70 bits per heavy atom. The Kier molecular flexibility index (Phi) is 6.39. The summed E-state index contributed by atoms with van der Waals surface area (Å²) in [5, 5.41) is 0.650. The van der Waals surface area contributed by atoms with E-state index in [2.05, 4.69) is 4.98 Å². The van der Waals surface area contributed by atoms with Gasteiger partial charge in [-0.15, -0.1) is 0 Å². The third-order valence-electron chi connectivity index (χ3n) is 4.32. The molecule has 0 radical (unpaired) electrons. The van der Waals surface area contributed by atoms with E-state index < -0.39 is 11.9 Å². The largest absolute Gasteiger partial charge is 0.479 e. The summed E-state index contributed by atoms with van der Waals surface area (Å²) in [6, 6.07) is 7.84. The van der Waals surface area contributed by atoms with Gasteiger partial charge in [0.15, 0.2) is 11.9 Å². The zero-order chi connectivity index (χ0) is 19.4. The second-order valence-corrected chi connectivity index (χ2v) is 7.03. The fourth-order valence-corrected chi connectivity index (χ4v) is 3.22. The molecule has 8 heteroatoms. The van der Waals surface area contributed by atoms with Gasteiger partial charge in [0.2, 0.25) is 0 Å². The number of rotatable bonds is 5. The monoisotopic (exact) mass is 412 g/mol. The molecule has 2 aromatic rings. The number of hydrogen-bond acceptors (Lipinski definition) is 4. The number of hydrogen-bond donors (Lipinski definition) is 0. The van der Waals surface area contributed by atoms with Crippen LogP contribution in [0.1, 0.15) is 19.8 Å². The lowest BCUT2D eigenvalue weighted by molar-refractivity contribution is -0.139. The lowest BCUT2D eigenvalue weighted by Gasteiger charge is -2.33. The van der Waals surface area contributed by atoms with E-state index in [4.69, 9.17) is 32.7 Å². The molecule has 0 N–H and O–H groups in total. The van der Waals surface area contributed by atoms with Crippen molar-refractivity contribution in [3.8, 4) is 11.6 Å². The third kappa shape index (κ3) is 4.82. The topological polar surface area (TPSA) is 51.7 Å². The van der Waals surface area contributed by atoms with Crippen LogP contribution in [0.4, 0.5) is 4.39 Å². The van der Waals surface area contributed by atoms with Gasteiger partial charge in [0, 0.05) is 32.1 Å². The molecule has 0 bridgehead atoms. The zero-order valence-corrected chi connectivity index (χ0v) is 16.2. The van der Waals surface area contributed by atoms with E-state index in [-0.39, 0.29) is 22.9 Å². The molecule has 1 atom stereocenters. The molecule has 2 heterocycles. The summed E-state index contributed by atoms with van der Waals surface area (Å²) in [6.45, 7) is 2.66. The van der Waals surface area contributed by atoms with Crippen molar-refractivity contribution in [2.45, 2.75) is 32.0 Å². The first-order valence-electron chi connectivity index (χ1n) is 8.62. The number of carbonyl (C=O) groups is 1. The Balaban J connectivity index is 1.53. The highest BCUT2D eigenvalue weighted by Crippen LogP contribution is 2.32. The SMILES string of the molecule is CC(Oc1cccc(Cl)c1Cl)C(=O)N1CCC(Oc2ncccc2F)CC1. The summed E-state index contributed by atoms with van der Waals surface area (Å²) in [4.78, 5) is 18.2. The predicted octanol–water partition coefficient (Wildman–Crippen LogP) is 4.36. The maximum Gasteiger partial charge on any atom is 0.263 e. The van der Waals surface area contributed by atoms with E-state index >= 15 is 0 Å².